The molecule has 0 radical (unpaired) electrons. The zero-order valence-corrected chi connectivity index (χ0v) is 13.2. The van der Waals surface area contributed by atoms with Crippen molar-refractivity contribution in [2.75, 3.05) is 18.1 Å². The summed E-state index contributed by atoms with van der Waals surface area (Å²) in [5, 5.41) is 11.8. The Kier molecular flexibility index (Phi) is 6.74. The predicted molar refractivity (Wildman–Crippen MR) is 85.9 cm³/mol. The van der Waals surface area contributed by atoms with Crippen molar-refractivity contribution in [3.05, 3.63) is 35.9 Å². The molecule has 5 nitrogen and oxygen atoms in total. The van der Waals surface area contributed by atoms with E-state index in [1.54, 1.807) is 24.3 Å². The van der Waals surface area contributed by atoms with Crippen LogP contribution < -0.4 is 5.32 Å². The van der Waals surface area contributed by atoms with Gasteiger partial charge in [-0.25, -0.2) is 4.79 Å². The summed E-state index contributed by atoms with van der Waals surface area (Å²) in [4.78, 5) is 23.3. The Labute approximate surface area is 134 Å². The molecule has 1 amide bonds. The molecule has 0 bridgehead atoms. The topological polar surface area (TPSA) is 75.6 Å². The summed E-state index contributed by atoms with van der Waals surface area (Å²) in [6.45, 7) is 0.798. The molecule has 0 aliphatic carbocycles. The normalized spacial score (nSPS) is 19.4. The first kappa shape index (κ1) is 16.8. The maximum absolute atomic E-state index is 11.9. The number of rotatable bonds is 7. The summed E-state index contributed by atoms with van der Waals surface area (Å²) in [5.41, 5.74) is 0.573. The lowest BCUT2D eigenvalue weighted by atomic mass is 10.1. The van der Waals surface area contributed by atoms with E-state index < -0.39 is 12.0 Å². The molecule has 2 N–H and O–H groups in total. The minimum Gasteiger partial charge on any atom is -0.479 e. The van der Waals surface area contributed by atoms with E-state index in [4.69, 9.17) is 4.74 Å². The second-order valence-electron chi connectivity index (χ2n) is 5.25. The van der Waals surface area contributed by atoms with Crippen LogP contribution >= 0.6 is 11.8 Å². The van der Waals surface area contributed by atoms with Gasteiger partial charge in [-0.05, 0) is 24.8 Å². The lowest BCUT2D eigenvalue weighted by Crippen LogP contribution is -2.35. The van der Waals surface area contributed by atoms with Gasteiger partial charge in [-0.1, -0.05) is 30.3 Å². The minimum absolute atomic E-state index is 0.218. The molecule has 0 spiro atoms. The Morgan fingerprint density at radius 3 is 2.73 bits per heavy atom. The quantitative estimate of drug-likeness (QED) is 0.805. The third kappa shape index (κ3) is 5.35. The van der Waals surface area contributed by atoms with Gasteiger partial charge in [0.05, 0.1) is 11.9 Å². The number of hydrogen-bond donors (Lipinski definition) is 2. The number of carboxylic acid groups (broad SMARTS) is 1. The Morgan fingerprint density at radius 1 is 1.32 bits per heavy atom. The van der Waals surface area contributed by atoms with Crippen molar-refractivity contribution in [1.29, 1.82) is 0 Å². The molecule has 1 aliphatic rings. The Bertz CT molecular complexity index is 488. The Morgan fingerprint density at radius 2 is 2.09 bits per heavy atom. The van der Waals surface area contributed by atoms with Crippen LogP contribution in [-0.4, -0.2) is 41.2 Å². The molecule has 1 saturated heterocycles. The van der Waals surface area contributed by atoms with Gasteiger partial charge in [-0.2, -0.15) is 0 Å². The van der Waals surface area contributed by atoms with E-state index >= 15 is 0 Å². The molecule has 1 aromatic carbocycles. The van der Waals surface area contributed by atoms with Crippen LogP contribution in [0.4, 0.5) is 0 Å². The first-order valence-corrected chi connectivity index (χ1v) is 8.59. The number of carboxylic acids is 1. The van der Waals surface area contributed by atoms with Crippen molar-refractivity contribution < 1.29 is 19.4 Å². The largest absolute Gasteiger partial charge is 0.479 e. The van der Waals surface area contributed by atoms with Gasteiger partial charge in [-0.3, -0.25) is 4.79 Å². The third-order valence-corrected chi connectivity index (χ3v) is 4.57. The standard InChI is InChI=1S/C16H21NO4S/c18-14(11-22-10-13-8-4-5-9-21-13)17-15(16(19)20)12-6-2-1-3-7-12/h1-3,6-7,13,15H,4-5,8-11H2,(H,17,18)(H,19,20)/t13?,15-/m1/s1. The van der Waals surface area contributed by atoms with Crippen LogP contribution in [0.15, 0.2) is 30.3 Å². The maximum atomic E-state index is 11.9. The van der Waals surface area contributed by atoms with Crippen molar-refractivity contribution >= 4 is 23.6 Å². The lowest BCUT2D eigenvalue weighted by molar-refractivity contribution is -0.141. The lowest BCUT2D eigenvalue weighted by Gasteiger charge is -2.22. The number of thioether (sulfide) groups is 1. The van der Waals surface area contributed by atoms with Gasteiger partial charge >= 0.3 is 5.97 Å². The van der Waals surface area contributed by atoms with Crippen LogP contribution in [-0.2, 0) is 14.3 Å². The number of ether oxygens (including phenoxy) is 1. The molecule has 0 aromatic heterocycles. The highest BCUT2D eigenvalue weighted by Gasteiger charge is 2.22. The fourth-order valence-electron chi connectivity index (χ4n) is 2.36. The molecule has 1 unspecified atom stereocenters. The van der Waals surface area contributed by atoms with E-state index in [1.807, 2.05) is 6.07 Å². The first-order valence-electron chi connectivity index (χ1n) is 7.43. The number of hydrogen-bond acceptors (Lipinski definition) is 4. The molecule has 2 atom stereocenters. The van der Waals surface area contributed by atoms with Gasteiger partial charge in [0.1, 0.15) is 0 Å². The van der Waals surface area contributed by atoms with Gasteiger partial charge < -0.3 is 15.2 Å². The summed E-state index contributed by atoms with van der Waals surface area (Å²) in [7, 11) is 0. The molecule has 120 valence electrons. The summed E-state index contributed by atoms with van der Waals surface area (Å²) in [5.74, 6) is -0.301. The van der Waals surface area contributed by atoms with E-state index in [0.717, 1.165) is 25.2 Å². The van der Waals surface area contributed by atoms with Gasteiger partial charge in [0.15, 0.2) is 6.04 Å². The van der Waals surface area contributed by atoms with Crippen LogP contribution in [0.2, 0.25) is 0 Å². The van der Waals surface area contributed by atoms with Gasteiger partial charge in [0, 0.05) is 12.4 Å². The summed E-state index contributed by atoms with van der Waals surface area (Å²) < 4.78 is 5.60. The van der Waals surface area contributed by atoms with Crippen LogP contribution in [0.25, 0.3) is 0 Å². The molecule has 2 rings (SSSR count). The zero-order chi connectivity index (χ0) is 15.8. The number of carbonyl (C=O) groups is 2. The highest BCUT2D eigenvalue weighted by molar-refractivity contribution is 7.99. The fraction of sp³-hybridized carbons (Fsp3) is 0.500. The first-order chi connectivity index (χ1) is 10.7. The molecule has 0 saturated carbocycles. The van der Waals surface area contributed by atoms with Crippen molar-refractivity contribution in [2.24, 2.45) is 0 Å². The van der Waals surface area contributed by atoms with E-state index in [-0.39, 0.29) is 17.8 Å². The van der Waals surface area contributed by atoms with Gasteiger partial charge in [-0.15, -0.1) is 11.8 Å². The number of nitrogens with one attached hydrogen (secondary N) is 1. The average molecular weight is 323 g/mol. The molecular weight excluding hydrogens is 302 g/mol. The summed E-state index contributed by atoms with van der Waals surface area (Å²) in [6, 6.07) is 7.72. The third-order valence-electron chi connectivity index (χ3n) is 3.50. The van der Waals surface area contributed by atoms with Crippen LogP contribution in [0.5, 0.6) is 0 Å². The maximum Gasteiger partial charge on any atom is 0.330 e. The number of carbonyl (C=O) groups excluding carboxylic acids is 1. The highest BCUT2D eigenvalue weighted by atomic mass is 32.2. The predicted octanol–water partition coefficient (Wildman–Crippen LogP) is 2.23. The second-order valence-corrected chi connectivity index (χ2v) is 6.28. The Hall–Kier alpha value is -1.53. The molecule has 1 heterocycles. The van der Waals surface area contributed by atoms with Crippen molar-refractivity contribution in [3.63, 3.8) is 0 Å². The monoisotopic (exact) mass is 323 g/mol. The Balaban J connectivity index is 1.77. The van der Waals surface area contributed by atoms with Gasteiger partial charge in [0.2, 0.25) is 5.91 Å². The van der Waals surface area contributed by atoms with Crippen LogP contribution in [0, 0.1) is 0 Å². The van der Waals surface area contributed by atoms with Gasteiger partial charge in [0.25, 0.3) is 0 Å². The molecular formula is C16H21NO4S. The average Bonchev–Trinajstić information content (AvgIpc) is 2.54. The smallest absolute Gasteiger partial charge is 0.330 e. The zero-order valence-electron chi connectivity index (χ0n) is 12.4. The van der Waals surface area contributed by atoms with E-state index in [9.17, 15) is 14.7 Å². The number of benzene rings is 1. The molecule has 1 aromatic rings. The number of aliphatic carboxylic acids is 1. The SMILES string of the molecule is O=C(CSCC1CCCCO1)N[C@@H](C(=O)O)c1ccccc1. The minimum atomic E-state index is -1.06. The van der Waals surface area contributed by atoms with Crippen molar-refractivity contribution in [1.82, 2.24) is 5.32 Å². The van der Waals surface area contributed by atoms with E-state index in [0.29, 0.717) is 5.56 Å². The van der Waals surface area contributed by atoms with E-state index in [2.05, 4.69) is 5.32 Å². The molecule has 22 heavy (non-hydrogen) atoms. The molecule has 1 aliphatic heterocycles. The van der Waals surface area contributed by atoms with Crippen molar-refractivity contribution in [2.45, 2.75) is 31.4 Å². The number of amides is 1. The van der Waals surface area contributed by atoms with Crippen LogP contribution in [0.3, 0.4) is 0 Å². The van der Waals surface area contributed by atoms with Crippen molar-refractivity contribution in [3.8, 4) is 0 Å². The van der Waals surface area contributed by atoms with E-state index in [1.165, 1.54) is 18.2 Å². The fourth-order valence-corrected chi connectivity index (χ4v) is 3.27. The summed E-state index contributed by atoms with van der Waals surface area (Å²) >= 11 is 1.49. The second kappa shape index (κ2) is 8.80. The van der Waals surface area contributed by atoms with Crippen LogP contribution in [0.1, 0.15) is 30.9 Å². The summed E-state index contributed by atoms with van der Waals surface area (Å²) in [6.07, 6.45) is 3.54. The molecule has 6 heteroatoms. The highest BCUT2D eigenvalue weighted by Crippen LogP contribution is 2.18. The molecule has 1 fully saturated rings.